The van der Waals surface area contributed by atoms with Crippen molar-refractivity contribution in [3.63, 3.8) is 0 Å². The molecule has 4 aliphatic carbocycles. The van der Waals surface area contributed by atoms with Gasteiger partial charge in [0.2, 0.25) is 5.91 Å². The second-order valence-electron chi connectivity index (χ2n) is 10.9. The average Bonchev–Trinajstić information content (AvgIpc) is 3.36. The number of amides is 1. The molecule has 170 valence electrons. The van der Waals surface area contributed by atoms with E-state index in [1.807, 2.05) is 12.5 Å². The van der Waals surface area contributed by atoms with Gasteiger partial charge in [0.1, 0.15) is 0 Å². The number of aromatic nitrogens is 2. The molecule has 5 aliphatic rings. The molecule has 7 rings (SSSR count). The third kappa shape index (κ3) is 3.14. The van der Waals surface area contributed by atoms with Crippen molar-refractivity contribution in [1.82, 2.24) is 14.9 Å². The number of aliphatic hydroxyl groups excluding tert-OH is 1. The van der Waals surface area contributed by atoms with Crippen molar-refractivity contribution in [2.45, 2.75) is 57.1 Å². The number of nitrogens with zero attached hydrogens (tertiary/aromatic N) is 2. The molecule has 6 nitrogen and oxygen atoms in total. The summed E-state index contributed by atoms with van der Waals surface area (Å²) in [7, 11) is 0. The molecule has 1 aliphatic heterocycles. The molecule has 4 atom stereocenters. The van der Waals surface area contributed by atoms with Gasteiger partial charge in [-0.1, -0.05) is 24.3 Å². The predicted octanol–water partition coefficient (Wildman–Crippen LogP) is 3.11. The Morgan fingerprint density at radius 1 is 1.25 bits per heavy atom. The number of nitrogens with two attached hydrogens (primary N) is 1. The van der Waals surface area contributed by atoms with Crippen LogP contribution in [0.3, 0.4) is 0 Å². The van der Waals surface area contributed by atoms with Crippen LogP contribution in [-0.2, 0) is 4.79 Å². The van der Waals surface area contributed by atoms with Crippen LogP contribution in [0.2, 0.25) is 0 Å². The van der Waals surface area contributed by atoms with Gasteiger partial charge in [0.25, 0.3) is 0 Å². The van der Waals surface area contributed by atoms with E-state index in [4.69, 9.17) is 5.73 Å². The molecule has 4 saturated carbocycles. The van der Waals surface area contributed by atoms with Gasteiger partial charge < -0.3 is 20.7 Å². The van der Waals surface area contributed by atoms with Crippen molar-refractivity contribution >= 4 is 5.91 Å². The van der Waals surface area contributed by atoms with Crippen LogP contribution in [0.25, 0.3) is 11.3 Å². The molecule has 1 aromatic carbocycles. The summed E-state index contributed by atoms with van der Waals surface area (Å²) >= 11 is 0. The number of benzene rings is 1. The highest BCUT2D eigenvalue weighted by Crippen LogP contribution is 2.64. The molecule has 2 aromatic rings. The Bertz CT molecular complexity index is 1000. The van der Waals surface area contributed by atoms with Gasteiger partial charge in [-0.25, -0.2) is 4.98 Å². The first-order valence-corrected chi connectivity index (χ1v) is 12.3. The lowest BCUT2D eigenvalue weighted by atomic mass is 9.44. The minimum atomic E-state index is -0.310. The first-order valence-electron chi connectivity index (χ1n) is 12.3. The molecular weight excluding hydrogens is 400 g/mol. The largest absolute Gasteiger partial charge is 0.392 e. The fourth-order valence-electron chi connectivity index (χ4n) is 8.02. The summed E-state index contributed by atoms with van der Waals surface area (Å²) in [4.78, 5) is 16.4. The minimum Gasteiger partial charge on any atom is -0.392 e. The smallest absolute Gasteiger partial charge is 0.221 e. The van der Waals surface area contributed by atoms with Crippen LogP contribution in [0.1, 0.15) is 56.6 Å². The predicted molar refractivity (Wildman–Crippen MR) is 123 cm³/mol. The van der Waals surface area contributed by atoms with Crippen LogP contribution in [0.5, 0.6) is 0 Å². The van der Waals surface area contributed by atoms with Crippen molar-refractivity contribution in [2.24, 2.45) is 34.8 Å². The van der Waals surface area contributed by atoms with Crippen LogP contribution in [-0.4, -0.2) is 39.8 Å². The molecule has 1 amide bonds. The minimum absolute atomic E-state index is 0.0343. The number of carbonyl (C=O) groups excluding carboxylic acids is 1. The van der Waals surface area contributed by atoms with E-state index >= 15 is 0 Å². The number of carbonyl (C=O) groups is 1. The van der Waals surface area contributed by atoms with Crippen molar-refractivity contribution < 1.29 is 9.90 Å². The summed E-state index contributed by atoms with van der Waals surface area (Å²) in [5.41, 5.74) is 9.29. The van der Waals surface area contributed by atoms with E-state index in [2.05, 4.69) is 39.1 Å². The third-order valence-electron chi connectivity index (χ3n) is 9.17. The lowest BCUT2D eigenvalue weighted by Crippen LogP contribution is -2.57. The van der Waals surface area contributed by atoms with E-state index in [-0.39, 0.29) is 23.5 Å². The SMILES string of the molecule is NCCC(=O)NCC1C2CC3CC1CC(C(O)CC1c4ccccc4-c4cncn41)(C3)C2. The third-order valence-corrected chi connectivity index (χ3v) is 9.17. The number of imidazole rings is 1. The highest BCUT2D eigenvalue weighted by atomic mass is 16.3. The maximum atomic E-state index is 12.0. The zero-order valence-corrected chi connectivity index (χ0v) is 18.6. The van der Waals surface area contributed by atoms with Crippen molar-refractivity contribution in [2.75, 3.05) is 13.1 Å². The zero-order chi connectivity index (χ0) is 21.9. The molecule has 0 radical (unpaired) electrons. The summed E-state index contributed by atoms with van der Waals surface area (Å²) in [6, 6.07) is 8.73. The molecule has 4 bridgehead atoms. The van der Waals surface area contributed by atoms with E-state index in [1.165, 1.54) is 30.4 Å². The molecule has 4 fully saturated rings. The monoisotopic (exact) mass is 434 g/mol. The summed E-state index contributed by atoms with van der Waals surface area (Å²) < 4.78 is 2.25. The van der Waals surface area contributed by atoms with Crippen LogP contribution < -0.4 is 11.1 Å². The molecule has 0 saturated heterocycles. The number of hydrogen-bond donors (Lipinski definition) is 3. The van der Waals surface area contributed by atoms with E-state index in [9.17, 15) is 9.90 Å². The number of rotatable bonds is 7. The van der Waals surface area contributed by atoms with Crippen LogP contribution in [0, 0.1) is 29.1 Å². The summed E-state index contributed by atoms with van der Waals surface area (Å²) in [5.74, 6) is 2.61. The highest BCUT2D eigenvalue weighted by Gasteiger charge is 2.57. The maximum absolute atomic E-state index is 12.0. The normalized spacial score (nSPS) is 34.9. The van der Waals surface area contributed by atoms with Gasteiger partial charge in [0.05, 0.1) is 30.4 Å². The average molecular weight is 435 g/mol. The Labute approximate surface area is 189 Å². The van der Waals surface area contributed by atoms with Crippen LogP contribution in [0.4, 0.5) is 0 Å². The van der Waals surface area contributed by atoms with Gasteiger partial charge in [0.15, 0.2) is 0 Å². The van der Waals surface area contributed by atoms with Gasteiger partial charge in [-0.2, -0.15) is 0 Å². The van der Waals surface area contributed by atoms with Crippen molar-refractivity contribution in [3.8, 4) is 11.3 Å². The Morgan fingerprint density at radius 3 is 2.81 bits per heavy atom. The number of hydrogen-bond acceptors (Lipinski definition) is 4. The Balaban J connectivity index is 1.20. The standard InChI is InChI=1S/C26H34N4O2/c27-6-5-25(32)29-13-21-17-7-16-8-18(21)12-26(10-16,11-17)24(31)9-22-19-3-1-2-4-20(19)23-14-28-15-30(22)23/h1-4,14-18,21-22,24,31H,5-13,27H2,(H,29,32). The lowest BCUT2D eigenvalue weighted by molar-refractivity contribution is -0.150. The molecule has 6 heteroatoms. The van der Waals surface area contributed by atoms with E-state index < -0.39 is 0 Å². The molecular formula is C26H34N4O2. The van der Waals surface area contributed by atoms with Crippen LogP contribution >= 0.6 is 0 Å². The van der Waals surface area contributed by atoms with E-state index in [0.717, 1.165) is 37.4 Å². The zero-order valence-electron chi connectivity index (χ0n) is 18.6. The molecule has 4 unspecified atom stereocenters. The van der Waals surface area contributed by atoms with Gasteiger partial charge in [0, 0.05) is 25.1 Å². The van der Waals surface area contributed by atoms with Gasteiger partial charge in [-0.3, -0.25) is 4.79 Å². The molecule has 0 spiro atoms. The van der Waals surface area contributed by atoms with Gasteiger partial charge in [-0.15, -0.1) is 0 Å². The molecule has 1 aromatic heterocycles. The fourth-order valence-corrected chi connectivity index (χ4v) is 8.02. The second-order valence-corrected chi connectivity index (χ2v) is 10.9. The van der Waals surface area contributed by atoms with Gasteiger partial charge in [-0.05, 0) is 73.2 Å². The Kier molecular flexibility index (Phi) is 4.92. The summed E-state index contributed by atoms with van der Waals surface area (Å²) in [6.45, 7) is 1.19. The molecule has 4 N–H and O–H groups in total. The van der Waals surface area contributed by atoms with E-state index in [1.54, 1.807) is 0 Å². The highest BCUT2D eigenvalue weighted by molar-refractivity contribution is 5.76. The topological polar surface area (TPSA) is 93.2 Å². The van der Waals surface area contributed by atoms with Crippen LogP contribution in [0.15, 0.2) is 36.8 Å². The van der Waals surface area contributed by atoms with Gasteiger partial charge >= 0.3 is 0 Å². The number of nitrogens with one attached hydrogen (secondary N) is 1. The summed E-state index contributed by atoms with van der Waals surface area (Å²) in [5, 5.41) is 14.9. The molecule has 32 heavy (non-hydrogen) atoms. The Morgan fingerprint density at radius 2 is 2.03 bits per heavy atom. The molecule has 2 heterocycles. The van der Waals surface area contributed by atoms with Crippen molar-refractivity contribution in [1.29, 1.82) is 0 Å². The fraction of sp³-hybridized carbons (Fsp3) is 0.615. The summed E-state index contributed by atoms with van der Waals surface area (Å²) in [6.07, 6.45) is 10.6. The Hall–Kier alpha value is -2.18. The quantitative estimate of drug-likeness (QED) is 0.624. The van der Waals surface area contributed by atoms with E-state index in [0.29, 0.717) is 30.7 Å². The second kappa shape index (κ2) is 7.70. The number of fused-ring (bicyclic) bond motifs is 3. The first-order chi connectivity index (χ1) is 15.6. The first kappa shape index (κ1) is 20.4. The van der Waals surface area contributed by atoms with Crippen molar-refractivity contribution in [3.05, 3.63) is 42.4 Å². The maximum Gasteiger partial charge on any atom is 0.221 e. The number of aliphatic hydroxyl groups is 1. The lowest BCUT2D eigenvalue weighted by Gasteiger charge is -2.61.